The SMILES string of the molecule is C/C=c1/nc(-c2ccc(F)cc2)n2c1nc1nonc12. The van der Waals surface area contributed by atoms with Gasteiger partial charge >= 0.3 is 0 Å². The van der Waals surface area contributed by atoms with Crippen LogP contribution < -0.4 is 5.35 Å². The molecule has 0 amide bonds. The molecule has 1 aromatic carbocycles. The number of benzene rings is 1. The van der Waals surface area contributed by atoms with Crippen LogP contribution in [0.5, 0.6) is 0 Å². The van der Waals surface area contributed by atoms with Crippen molar-refractivity contribution in [2.24, 2.45) is 0 Å². The zero-order valence-corrected chi connectivity index (χ0v) is 10.4. The van der Waals surface area contributed by atoms with Crippen LogP contribution >= 0.6 is 0 Å². The minimum Gasteiger partial charge on any atom is -0.254 e. The molecule has 7 heteroatoms. The average molecular weight is 269 g/mol. The number of halogens is 1. The normalized spacial score (nSPS) is 12.8. The van der Waals surface area contributed by atoms with E-state index >= 15 is 0 Å². The molecule has 98 valence electrons. The van der Waals surface area contributed by atoms with Crippen molar-refractivity contribution < 1.29 is 9.02 Å². The van der Waals surface area contributed by atoms with Gasteiger partial charge in [-0.1, -0.05) is 6.08 Å². The van der Waals surface area contributed by atoms with E-state index in [9.17, 15) is 4.39 Å². The summed E-state index contributed by atoms with van der Waals surface area (Å²) in [7, 11) is 0. The highest BCUT2D eigenvalue weighted by Gasteiger charge is 2.18. The minimum atomic E-state index is -0.294. The summed E-state index contributed by atoms with van der Waals surface area (Å²) in [6.45, 7) is 1.88. The van der Waals surface area contributed by atoms with Gasteiger partial charge in [0.15, 0.2) is 5.65 Å². The zero-order chi connectivity index (χ0) is 13.7. The number of imidazole rings is 2. The van der Waals surface area contributed by atoms with E-state index in [2.05, 4.69) is 24.9 Å². The van der Waals surface area contributed by atoms with E-state index in [-0.39, 0.29) is 5.82 Å². The van der Waals surface area contributed by atoms with E-state index in [4.69, 9.17) is 0 Å². The van der Waals surface area contributed by atoms with Gasteiger partial charge in [0.05, 0.1) is 0 Å². The van der Waals surface area contributed by atoms with Crippen LogP contribution in [0.15, 0.2) is 28.9 Å². The van der Waals surface area contributed by atoms with Gasteiger partial charge in [0.2, 0.25) is 11.3 Å². The lowest BCUT2D eigenvalue weighted by Crippen LogP contribution is -2.01. The van der Waals surface area contributed by atoms with Crippen molar-refractivity contribution in [3.63, 3.8) is 0 Å². The van der Waals surface area contributed by atoms with E-state index in [0.29, 0.717) is 22.8 Å². The zero-order valence-electron chi connectivity index (χ0n) is 10.4. The number of hydrogen-bond donors (Lipinski definition) is 0. The summed E-state index contributed by atoms with van der Waals surface area (Å²) in [5.74, 6) is 0.337. The third-order valence-electron chi connectivity index (χ3n) is 3.13. The topological polar surface area (TPSA) is 69.1 Å². The Morgan fingerprint density at radius 2 is 1.90 bits per heavy atom. The molecular weight excluding hydrogens is 261 g/mol. The first kappa shape index (κ1) is 11.0. The lowest BCUT2D eigenvalue weighted by molar-refractivity contribution is 0.313. The van der Waals surface area contributed by atoms with Crippen LogP contribution in [0.25, 0.3) is 34.4 Å². The predicted molar refractivity (Wildman–Crippen MR) is 69.1 cm³/mol. The van der Waals surface area contributed by atoms with Crippen molar-refractivity contribution in [2.45, 2.75) is 6.92 Å². The second kappa shape index (κ2) is 3.83. The largest absolute Gasteiger partial charge is 0.254 e. The van der Waals surface area contributed by atoms with Gasteiger partial charge in [-0.3, -0.25) is 4.40 Å². The first-order valence-corrected chi connectivity index (χ1v) is 6.00. The molecule has 0 atom stereocenters. The molecule has 3 aromatic heterocycles. The molecule has 20 heavy (non-hydrogen) atoms. The van der Waals surface area contributed by atoms with E-state index in [1.54, 1.807) is 16.5 Å². The average Bonchev–Trinajstić information content (AvgIpc) is 3.10. The van der Waals surface area contributed by atoms with E-state index in [0.717, 1.165) is 10.9 Å². The Kier molecular flexibility index (Phi) is 2.11. The molecule has 0 spiro atoms. The molecule has 0 saturated heterocycles. The molecule has 0 fully saturated rings. The summed E-state index contributed by atoms with van der Waals surface area (Å²) in [6, 6.07) is 6.10. The molecule has 0 aliphatic rings. The molecule has 0 aliphatic heterocycles. The summed E-state index contributed by atoms with van der Waals surface area (Å²) in [5.41, 5.74) is 2.35. The van der Waals surface area contributed by atoms with Crippen molar-refractivity contribution >= 4 is 23.0 Å². The quantitative estimate of drug-likeness (QED) is 0.525. The number of fused-ring (bicyclic) bond motifs is 3. The molecule has 4 aromatic rings. The Morgan fingerprint density at radius 1 is 1.10 bits per heavy atom. The summed E-state index contributed by atoms with van der Waals surface area (Å²) in [6.07, 6.45) is 1.85. The Hall–Kier alpha value is -2.83. The summed E-state index contributed by atoms with van der Waals surface area (Å²) in [5, 5.41) is 8.30. The Morgan fingerprint density at radius 3 is 2.65 bits per heavy atom. The van der Waals surface area contributed by atoms with E-state index < -0.39 is 0 Å². The number of nitrogens with zero attached hydrogens (tertiary/aromatic N) is 5. The van der Waals surface area contributed by atoms with Crippen molar-refractivity contribution in [3.8, 4) is 11.4 Å². The van der Waals surface area contributed by atoms with Crippen molar-refractivity contribution in [3.05, 3.63) is 35.4 Å². The van der Waals surface area contributed by atoms with Gasteiger partial charge in [0.1, 0.15) is 17.0 Å². The van der Waals surface area contributed by atoms with Gasteiger partial charge in [-0.2, -0.15) is 0 Å². The van der Waals surface area contributed by atoms with Crippen LogP contribution in [0, 0.1) is 5.82 Å². The van der Waals surface area contributed by atoms with Gasteiger partial charge < -0.3 is 0 Å². The summed E-state index contributed by atoms with van der Waals surface area (Å²) >= 11 is 0. The Labute approximate surface area is 111 Å². The fourth-order valence-electron chi connectivity index (χ4n) is 2.21. The van der Waals surface area contributed by atoms with Crippen LogP contribution in [-0.2, 0) is 0 Å². The van der Waals surface area contributed by atoms with Crippen LogP contribution in [0.2, 0.25) is 0 Å². The highest BCUT2D eigenvalue weighted by atomic mass is 19.1. The molecular formula is C13H8FN5O. The fraction of sp³-hybridized carbons (Fsp3) is 0.0769. The van der Waals surface area contributed by atoms with Gasteiger partial charge in [-0.05, 0) is 41.5 Å². The maximum absolute atomic E-state index is 13.0. The molecule has 0 bridgehead atoms. The Balaban J connectivity index is 2.14. The maximum atomic E-state index is 13.0. The molecule has 0 saturated carbocycles. The van der Waals surface area contributed by atoms with Gasteiger partial charge in [0, 0.05) is 5.56 Å². The molecule has 3 heterocycles. The van der Waals surface area contributed by atoms with Crippen LogP contribution in [0.1, 0.15) is 6.92 Å². The predicted octanol–water partition coefficient (Wildman–Crippen LogP) is 1.59. The lowest BCUT2D eigenvalue weighted by atomic mass is 10.2. The second-order valence-corrected chi connectivity index (χ2v) is 4.30. The van der Waals surface area contributed by atoms with Gasteiger partial charge in [0.25, 0.3) is 0 Å². The molecule has 6 nitrogen and oxygen atoms in total. The van der Waals surface area contributed by atoms with Crippen LogP contribution in [0.3, 0.4) is 0 Å². The molecule has 4 rings (SSSR count). The molecule has 0 unspecified atom stereocenters. The van der Waals surface area contributed by atoms with Crippen LogP contribution in [-0.4, -0.2) is 24.7 Å². The third kappa shape index (κ3) is 1.37. The van der Waals surface area contributed by atoms with E-state index in [1.165, 1.54) is 12.1 Å². The first-order valence-electron chi connectivity index (χ1n) is 6.00. The second-order valence-electron chi connectivity index (χ2n) is 4.30. The first-order chi connectivity index (χ1) is 9.78. The highest BCUT2D eigenvalue weighted by molar-refractivity contribution is 5.77. The van der Waals surface area contributed by atoms with E-state index in [1.807, 2.05) is 13.0 Å². The minimum absolute atomic E-state index is 0.294. The lowest BCUT2D eigenvalue weighted by Gasteiger charge is -1.97. The smallest absolute Gasteiger partial charge is 0.244 e. The fourth-order valence-corrected chi connectivity index (χ4v) is 2.21. The van der Waals surface area contributed by atoms with Crippen molar-refractivity contribution in [1.29, 1.82) is 0 Å². The molecule has 0 aliphatic carbocycles. The highest BCUT2D eigenvalue weighted by Crippen LogP contribution is 2.21. The third-order valence-corrected chi connectivity index (χ3v) is 3.13. The Bertz CT molecular complexity index is 970. The number of hydrogen-bond acceptors (Lipinski definition) is 5. The summed E-state index contributed by atoms with van der Waals surface area (Å²) < 4.78 is 19.5. The maximum Gasteiger partial charge on any atom is 0.244 e. The monoisotopic (exact) mass is 269 g/mol. The number of aromatic nitrogens is 5. The van der Waals surface area contributed by atoms with Crippen LogP contribution in [0.4, 0.5) is 4.39 Å². The molecule has 0 radical (unpaired) electrons. The van der Waals surface area contributed by atoms with Crippen molar-refractivity contribution in [2.75, 3.05) is 0 Å². The summed E-state index contributed by atoms with van der Waals surface area (Å²) in [4.78, 5) is 8.85. The van der Waals surface area contributed by atoms with Gasteiger partial charge in [-0.25, -0.2) is 19.0 Å². The van der Waals surface area contributed by atoms with Crippen molar-refractivity contribution in [1.82, 2.24) is 24.7 Å². The standard InChI is InChI=1S/C13H8FN5O/c1-2-9-12-16-10-13(18-20-17-10)19(12)11(15-9)7-3-5-8(14)6-4-7/h2-6H,1H3/b9-2+. The molecule has 0 N–H and O–H groups in total. The van der Waals surface area contributed by atoms with Gasteiger partial charge in [-0.15, -0.1) is 0 Å². The number of rotatable bonds is 1.